The molecule has 7 nitrogen and oxygen atoms in total. The molecular formula is C16H14FN5O2S. The lowest BCUT2D eigenvalue weighted by Crippen LogP contribution is -2.33. The largest absolute Gasteiger partial charge is 0.343 e. The summed E-state index contributed by atoms with van der Waals surface area (Å²) in [6.07, 6.45) is 1.56. The van der Waals surface area contributed by atoms with Gasteiger partial charge in [-0.05, 0) is 19.9 Å². The van der Waals surface area contributed by atoms with Crippen molar-refractivity contribution in [3.8, 4) is 0 Å². The molecule has 3 aromatic rings. The number of nitrogens with one attached hydrogen (secondary N) is 2. The molecule has 0 saturated heterocycles. The summed E-state index contributed by atoms with van der Waals surface area (Å²) in [6, 6.07) is 2.31. The van der Waals surface area contributed by atoms with Gasteiger partial charge >= 0.3 is 0 Å². The van der Waals surface area contributed by atoms with Crippen molar-refractivity contribution in [3.63, 3.8) is 0 Å². The number of aryl methyl sites for hydroxylation is 2. The number of hydrogen-bond acceptors (Lipinski definition) is 6. The van der Waals surface area contributed by atoms with Gasteiger partial charge < -0.3 is 10.6 Å². The first-order chi connectivity index (χ1) is 11.9. The zero-order valence-electron chi connectivity index (χ0n) is 13.5. The Kier molecular flexibility index (Phi) is 4.66. The molecule has 128 valence electrons. The first-order valence-corrected chi connectivity index (χ1v) is 8.24. The highest BCUT2D eigenvalue weighted by Gasteiger charge is 2.16. The van der Waals surface area contributed by atoms with Crippen LogP contribution in [-0.4, -0.2) is 33.3 Å². The van der Waals surface area contributed by atoms with Crippen LogP contribution in [0.3, 0.4) is 0 Å². The molecule has 0 atom stereocenters. The summed E-state index contributed by atoms with van der Waals surface area (Å²) in [4.78, 5) is 36.7. The number of hydrogen-bond donors (Lipinski definition) is 2. The molecule has 2 heterocycles. The Morgan fingerprint density at radius 1 is 1.20 bits per heavy atom. The molecule has 0 bridgehead atoms. The van der Waals surface area contributed by atoms with E-state index in [9.17, 15) is 14.0 Å². The van der Waals surface area contributed by atoms with E-state index in [1.165, 1.54) is 17.4 Å². The number of thiazole rings is 1. The van der Waals surface area contributed by atoms with Gasteiger partial charge in [0.05, 0.1) is 29.0 Å². The number of carbonyl (C=O) groups excluding carboxylic acids is 2. The number of carbonyl (C=O) groups is 2. The maximum atomic E-state index is 13.8. The molecule has 9 heteroatoms. The van der Waals surface area contributed by atoms with E-state index >= 15 is 0 Å². The van der Waals surface area contributed by atoms with Gasteiger partial charge in [-0.1, -0.05) is 0 Å². The van der Waals surface area contributed by atoms with Gasteiger partial charge in [-0.25, -0.2) is 19.3 Å². The maximum absolute atomic E-state index is 13.8. The van der Waals surface area contributed by atoms with Crippen molar-refractivity contribution in [1.82, 2.24) is 20.3 Å². The van der Waals surface area contributed by atoms with E-state index in [0.717, 1.165) is 6.07 Å². The molecular weight excluding hydrogens is 345 g/mol. The summed E-state index contributed by atoms with van der Waals surface area (Å²) >= 11 is 1.27. The van der Waals surface area contributed by atoms with Crippen LogP contribution < -0.4 is 10.6 Å². The number of fused-ring (bicyclic) bond motifs is 1. The Bertz CT molecular complexity index is 959. The highest BCUT2D eigenvalue weighted by molar-refractivity contribution is 7.13. The van der Waals surface area contributed by atoms with Crippen molar-refractivity contribution in [2.45, 2.75) is 13.8 Å². The summed E-state index contributed by atoms with van der Waals surface area (Å²) in [7, 11) is 0. The molecule has 2 N–H and O–H groups in total. The lowest BCUT2D eigenvalue weighted by Gasteiger charge is -2.09. The van der Waals surface area contributed by atoms with E-state index in [0.29, 0.717) is 27.6 Å². The number of benzene rings is 1. The van der Waals surface area contributed by atoms with Gasteiger partial charge in [-0.3, -0.25) is 9.59 Å². The summed E-state index contributed by atoms with van der Waals surface area (Å²) in [6.45, 7) is 3.25. The standard InChI is InChI=1S/C16H14FN5O2S/c1-8-9(2)21-14-11(5-10(17)6-12(14)20-8)15(24)19-7-13(23)22-16-18-3-4-25-16/h3-6H,7H2,1-2H3,(H,19,24)(H,18,22,23). The van der Waals surface area contributed by atoms with Crippen LogP contribution in [0.15, 0.2) is 23.7 Å². The molecule has 3 rings (SSSR count). The fourth-order valence-electron chi connectivity index (χ4n) is 2.18. The van der Waals surface area contributed by atoms with Gasteiger partial charge in [0.25, 0.3) is 5.91 Å². The summed E-state index contributed by atoms with van der Waals surface area (Å²) in [5.41, 5.74) is 1.93. The van der Waals surface area contributed by atoms with Gasteiger partial charge in [-0.2, -0.15) is 0 Å². The van der Waals surface area contributed by atoms with Crippen molar-refractivity contribution in [1.29, 1.82) is 0 Å². The molecule has 0 unspecified atom stereocenters. The molecule has 0 aliphatic rings. The van der Waals surface area contributed by atoms with E-state index in [1.807, 2.05) is 0 Å². The smallest absolute Gasteiger partial charge is 0.254 e. The Morgan fingerprint density at radius 3 is 2.68 bits per heavy atom. The normalized spacial score (nSPS) is 10.7. The topological polar surface area (TPSA) is 96.9 Å². The summed E-state index contributed by atoms with van der Waals surface area (Å²) < 4.78 is 13.8. The minimum atomic E-state index is -0.601. The zero-order valence-corrected chi connectivity index (χ0v) is 14.3. The number of halogens is 1. The molecule has 2 amide bonds. The highest BCUT2D eigenvalue weighted by atomic mass is 32.1. The van der Waals surface area contributed by atoms with E-state index in [-0.39, 0.29) is 12.1 Å². The maximum Gasteiger partial charge on any atom is 0.254 e. The van der Waals surface area contributed by atoms with Crippen LogP contribution in [0.5, 0.6) is 0 Å². The van der Waals surface area contributed by atoms with Gasteiger partial charge in [0.15, 0.2) is 5.13 Å². The second kappa shape index (κ2) is 6.89. The average molecular weight is 359 g/mol. The lowest BCUT2D eigenvalue weighted by atomic mass is 10.1. The molecule has 0 aliphatic heterocycles. The van der Waals surface area contributed by atoms with Crippen LogP contribution in [0.1, 0.15) is 21.7 Å². The van der Waals surface area contributed by atoms with Crippen molar-refractivity contribution in [2.75, 3.05) is 11.9 Å². The lowest BCUT2D eigenvalue weighted by molar-refractivity contribution is -0.115. The van der Waals surface area contributed by atoms with Gasteiger partial charge in [0, 0.05) is 17.6 Å². The third-order valence-electron chi connectivity index (χ3n) is 3.48. The molecule has 2 aromatic heterocycles. The van der Waals surface area contributed by atoms with Crippen molar-refractivity contribution < 1.29 is 14.0 Å². The Morgan fingerprint density at radius 2 is 1.96 bits per heavy atom. The van der Waals surface area contributed by atoms with Crippen molar-refractivity contribution >= 4 is 39.3 Å². The SMILES string of the molecule is Cc1nc2cc(F)cc(C(=O)NCC(=O)Nc3nccs3)c2nc1C. The first kappa shape index (κ1) is 16.9. The van der Waals surface area contributed by atoms with Crippen LogP contribution in [0, 0.1) is 19.7 Å². The Hall–Kier alpha value is -2.94. The zero-order chi connectivity index (χ0) is 18.0. The highest BCUT2D eigenvalue weighted by Crippen LogP contribution is 2.19. The van der Waals surface area contributed by atoms with Gasteiger partial charge in [0.1, 0.15) is 11.3 Å². The summed E-state index contributed by atoms with van der Waals surface area (Å²) in [5, 5.41) is 7.16. The molecule has 0 fully saturated rings. The predicted molar refractivity (Wildman–Crippen MR) is 92.0 cm³/mol. The first-order valence-electron chi connectivity index (χ1n) is 7.36. The van der Waals surface area contributed by atoms with Gasteiger partial charge in [0.2, 0.25) is 5.91 Å². The third kappa shape index (κ3) is 3.77. The molecule has 25 heavy (non-hydrogen) atoms. The average Bonchev–Trinajstić information content (AvgIpc) is 3.06. The molecule has 0 saturated carbocycles. The minimum Gasteiger partial charge on any atom is -0.343 e. The summed E-state index contributed by atoms with van der Waals surface area (Å²) in [5.74, 6) is -1.62. The molecule has 1 aromatic carbocycles. The van der Waals surface area contributed by atoms with Crippen LogP contribution >= 0.6 is 11.3 Å². The number of aromatic nitrogens is 3. The Balaban J connectivity index is 1.79. The van der Waals surface area contributed by atoms with Crippen LogP contribution in [0.4, 0.5) is 9.52 Å². The minimum absolute atomic E-state index is 0.0349. The van der Waals surface area contributed by atoms with E-state index in [1.54, 1.807) is 25.4 Å². The molecule has 0 spiro atoms. The van der Waals surface area contributed by atoms with E-state index < -0.39 is 17.6 Å². The third-order valence-corrected chi connectivity index (χ3v) is 4.17. The number of nitrogens with zero attached hydrogens (tertiary/aromatic N) is 3. The number of rotatable bonds is 4. The second-order valence-corrected chi connectivity index (χ2v) is 6.18. The van der Waals surface area contributed by atoms with Crippen LogP contribution in [0.25, 0.3) is 11.0 Å². The van der Waals surface area contributed by atoms with Crippen molar-refractivity contribution in [2.24, 2.45) is 0 Å². The van der Waals surface area contributed by atoms with E-state index in [2.05, 4.69) is 25.6 Å². The monoisotopic (exact) mass is 359 g/mol. The molecule has 0 radical (unpaired) electrons. The van der Waals surface area contributed by atoms with Crippen molar-refractivity contribution in [3.05, 3.63) is 46.5 Å². The quantitative estimate of drug-likeness (QED) is 0.744. The molecule has 0 aliphatic carbocycles. The fraction of sp³-hybridized carbons (Fsp3) is 0.188. The fourth-order valence-corrected chi connectivity index (χ4v) is 2.72. The van der Waals surface area contributed by atoms with E-state index in [4.69, 9.17) is 0 Å². The van der Waals surface area contributed by atoms with Crippen LogP contribution in [0.2, 0.25) is 0 Å². The second-order valence-electron chi connectivity index (χ2n) is 5.28. The number of anilines is 1. The predicted octanol–water partition coefficient (Wildman–Crippen LogP) is 2.21. The van der Waals surface area contributed by atoms with Crippen LogP contribution in [-0.2, 0) is 4.79 Å². The Labute approximate surface area is 146 Å². The number of amides is 2. The van der Waals surface area contributed by atoms with Gasteiger partial charge in [-0.15, -0.1) is 11.3 Å².